The van der Waals surface area contributed by atoms with Crippen molar-refractivity contribution in [3.05, 3.63) is 66.0 Å². The maximum absolute atomic E-state index is 15.0. The van der Waals surface area contributed by atoms with Crippen LogP contribution in [0.2, 0.25) is 0 Å². The first kappa shape index (κ1) is 23.5. The summed E-state index contributed by atoms with van der Waals surface area (Å²) >= 11 is 4.76. The number of benzene rings is 2. The van der Waals surface area contributed by atoms with E-state index in [4.69, 9.17) is 22.7 Å². The van der Waals surface area contributed by atoms with Crippen molar-refractivity contribution in [3.8, 4) is 0 Å². The maximum atomic E-state index is 15.0. The van der Waals surface area contributed by atoms with E-state index in [9.17, 15) is 14.0 Å². The maximum Gasteiger partial charge on any atom is 0.414 e. The van der Waals surface area contributed by atoms with Crippen LogP contribution in [0.5, 0.6) is 0 Å². The number of carbonyl (C=O) groups excluding carboxylic acids is 2. The summed E-state index contributed by atoms with van der Waals surface area (Å²) in [5, 5.41) is 2.89. The normalized spacial score (nSPS) is 18.3. The molecule has 2 fully saturated rings. The fraction of sp³-hybridized carbons (Fsp3) is 0.292. The number of ether oxygens (including phenoxy) is 1. The number of nitrogens with zero attached hydrogens (tertiary/aromatic N) is 3. The van der Waals surface area contributed by atoms with Crippen molar-refractivity contribution < 1.29 is 18.7 Å². The van der Waals surface area contributed by atoms with Gasteiger partial charge in [0.25, 0.3) is 0 Å². The van der Waals surface area contributed by atoms with Gasteiger partial charge in [0.15, 0.2) is 5.11 Å². The fourth-order valence-corrected chi connectivity index (χ4v) is 4.06. The van der Waals surface area contributed by atoms with Gasteiger partial charge in [-0.15, -0.1) is 0 Å². The number of anilines is 2. The zero-order chi connectivity index (χ0) is 24.1. The number of hydrogen-bond acceptors (Lipinski definition) is 5. The van der Waals surface area contributed by atoms with Crippen LogP contribution < -0.4 is 20.9 Å². The van der Waals surface area contributed by atoms with E-state index in [0.717, 1.165) is 5.56 Å². The van der Waals surface area contributed by atoms with Gasteiger partial charge in [0.2, 0.25) is 5.91 Å². The van der Waals surface area contributed by atoms with Crippen LogP contribution in [-0.4, -0.2) is 67.4 Å². The number of cyclic esters (lactones) is 1. The highest BCUT2D eigenvalue weighted by atomic mass is 32.1. The van der Waals surface area contributed by atoms with Crippen molar-refractivity contribution >= 4 is 46.8 Å². The number of thiocarbonyl (C=S) groups is 1. The molecule has 178 valence electrons. The molecule has 2 saturated heterocycles. The Kier molecular flexibility index (Phi) is 7.27. The number of nitrogens with one attached hydrogen (secondary N) is 1. The summed E-state index contributed by atoms with van der Waals surface area (Å²) < 4.78 is 20.3. The Morgan fingerprint density at radius 3 is 2.59 bits per heavy atom. The van der Waals surface area contributed by atoms with Gasteiger partial charge >= 0.3 is 6.09 Å². The van der Waals surface area contributed by atoms with Gasteiger partial charge in [-0.25, -0.2) is 9.18 Å². The van der Waals surface area contributed by atoms with Crippen LogP contribution in [0.1, 0.15) is 5.56 Å². The highest BCUT2D eigenvalue weighted by Crippen LogP contribution is 2.28. The minimum absolute atomic E-state index is 0.0636. The molecular formula is C24H26FN5O3S. The van der Waals surface area contributed by atoms with E-state index >= 15 is 0 Å². The Labute approximate surface area is 202 Å². The molecule has 4 rings (SSSR count). The summed E-state index contributed by atoms with van der Waals surface area (Å²) in [6, 6.07) is 14.3. The van der Waals surface area contributed by atoms with Crippen molar-refractivity contribution in [2.45, 2.75) is 6.10 Å². The first-order valence-electron chi connectivity index (χ1n) is 11.0. The zero-order valence-electron chi connectivity index (χ0n) is 18.5. The highest BCUT2D eigenvalue weighted by molar-refractivity contribution is 7.80. The Hall–Kier alpha value is -3.66. The molecule has 2 heterocycles. The Bertz CT molecular complexity index is 1090. The lowest BCUT2D eigenvalue weighted by Gasteiger charge is -2.36. The zero-order valence-corrected chi connectivity index (χ0v) is 19.3. The molecule has 34 heavy (non-hydrogen) atoms. The molecule has 2 aliphatic rings. The summed E-state index contributed by atoms with van der Waals surface area (Å²) in [5.41, 5.74) is 7.23. The molecular weight excluding hydrogens is 457 g/mol. The first-order chi connectivity index (χ1) is 16.4. The van der Waals surface area contributed by atoms with E-state index in [1.807, 2.05) is 35.2 Å². The number of halogens is 1. The van der Waals surface area contributed by atoms with E-state index in [1.54, 1.807) is 29.2 Å². The lowest BCUT2D eigenvalue weighted by atomic mass is 10.2. The standard InChI is InChI=1S/C24H26FN5O3S/c25-20-14-18(30-16-19(33-24(30)32)15-27-23(26)34)7-8-21(20)28-10-12-29(13-11-28)22(31)9-6-17-4-2-1-3-5-17/h1-9,14,19H,10-13,15-16H2,(H3,26,27,34)/t19-/m0/s1. The molecule has 10 heteroatoms. The predicted octanol–water partition coefficient (Wildman–Crippen LogP) is 2.35. The van der Waals surface area contributed by atoms with Gasteiger partial charge < -0.3 is 25.6 Å². The smallest absolute Gasteiger partial charge is 0.414 e. The molecule has 2 amide bonds. The van der Waals surface area contributed by atoms with Crippen molar-refractivity contribution in [3.63, 3.8) is 0 Å². The van der Waals surface area contributed by atoms with Crippen molar-refractivity contribution in [1.82, 2.24) is 10.2 Å². The molecule has 2 aromatic rings. The van der Waals surface area contributed by atoms with Gasteiger partial charge in [-0.3, -0.25) is 9.69 Å². The quantitative estimate of drug-likeness (QED) is 0.481. The van der Waals surface area contributed by atoms with Crippen molar-refractivity contribution in [2.75, 3.05) is 49.1 Å². The molecule has 0 aliphatic carbocycles. The van der Waals surface area contributed by atoms with Gasteiger partial charge in [-0.05, 0) is 42.1 Å². The summed E-state index contributed by atoms with van der Waals surface area (Å²) in [6.07, 6.45) is 2.39. The number of carbonyl (C=O) groups is 2. The highest BCUT2D eigenvalue weighted by Gasteiger charge is 2.33. The fourth-order valence-electron chi connectivity index (χ4n) is 3.98. The van der Waals surface area contributed by atoms with Gasteiger partial charge in [0.1, 0.15) is 11.9 Å². The molecule has 0 aromatic heterocycles. The number of rotatable bonds is 6. The number of amides is 2. The monoisotopic (exact) mass is 483 g/mol. The molecule has 1 atom stereocenters. The van der Waals surface area contributed by atoms with Crippen LogP contribution in [-0.2, 0) is 9.53 Å². The minimum Gasteiger partial charge on any atom is -0.442 e. The largest absolute Gasteiger partial charge is 0.442 e. The van der Waals surface area contributed by atoms with Crippen molar-refractivity contribution in [2.24, 2.45) is 5.73 Å². The minimum atomic E-state index is -0.544. The van der Waals surface area contributed by atoms with Crippen LogP contribution in [0.4, 0.5) is 20.6 Å². The van der Waals surface area contributed by atoms with Gasteiger partial charge in [0.05, 0.1) is 24.5 Å². The molecule has 0 radical (unpaired) electrons. The van der Waals surface area contributed by atoms with Crippen LogP contribution in [0.3, 0.4) is 0 Å². The summed E-state index contributed by atoms with van der Waals surface area (Å²) in [4.78, 5) is 29.7. The summed E-state index contributed by atoms with van der Waals surface area (Å²) in [5.74, 6) is -0.495. The SMILES string of the molecule is NC(=S)NC[C@H]1CN(c2ccc(N3CCN(C(=O)C=Cc4ccccc4)CC3)c(F)c2)C(=O)O1. The molecule has 8 nitrogen and oxygen atoms in total. The second-order valence-corrected chi connectivity index (χ2v) is 8.49. The molecule has 0 unspecified atom stereocenters. The van der Waals surface area contributed by atoms with E-state index in [2.05, 4.69) is 5.32 Å². The lowest BCUT2D eigenvalue weighted by molar-refractivity contribution is -0.126. The third-order valence-electron chi connectivity index (χ3n) is 5.77. The van der Waals surface area contributed by atoms with Gasteiger partial charge in [0, 0.05) is 32.3 Å². The number of nitrogens with two attached hydrogens (primary N) is 1. The van der Waals surface area contributed by atoms with Crippen LogP contribution in [0, 0.1) is 5.82 Å². The topological polar surface area (TPSA) is 91.1 Å². The Balaban J connectivity index is 1.33. The van der Waals surface area contributed by atoms with Crippen LogP contribution in [0.15, 0.2) is 54.6 Å². The van der Waals surface area contributed by atoms with E-state index < -0.39 is 18.0 Å². The average molecular weight is 484 g/mol. The molecule has 0 saturated carbocycles. The third kappa shape index (κ3) is 5.63. The molecule has 0 spiro atoms. The second kappa shape index (κ2) is 10.5. The molecule has 0 bridgehead atoms. The second-order valence-electron chi connectivity index (χ2n) is 8.05. The Morgan fingerprint density at radius 2 is 1.91 bits per heavy atom. The summed E-state index contributed by atoms with van der Waals surface area (Å²) in [6.45, 7) is 2.58. The molecule has 2 aromatic carbocycles. The number of piperazine rings is 1. The molecule has 3 N–H and O–H groups in total. The number of hydrogen-bond donors (Lipinski definition) is 2. The van der Waals surface area contributed by atoms with E-state index in [-0.39, 0.29) is 17.6 Å². The van der Waals surface area contributed by atoms with Crippen LogP contribution >= 0.6 is 12.2 Å². The first-order valence-corrected chi connectivity index (χ1v) is 11.4. The Morgan fingerprint density at radius 1 is 1.18 bits per heavy atom. The third-order valence-corrected chi connectivity index (χ3v) is 5.92. The van der Waals surface area contributed by atoms with Crippen molar-refractivity contribution in [1.29, 1.82) is 0 Å². The van der Waals surface area contributed by atoms with Gasteiger partial charge in [-0.1, -0.05) is 30.3 Å². The summed E-state index contributed by atoms with van der Waals surface area (Å²) in [7, 11) is 0. The van der Waals surface area contributed by atoms with Gasteiger partial charge in [-0.2, -0.15) is 0 Å². The lowest BCUT2D eigenvalue weighted by Crippen LogP contribution is -2.48. The van der Waals surface area contributed by atoms with Crippen LogP contribution in [0.25, 0.3) is 6.08 Å². The van der Waals surface area contributed by atoms with E-state index in [1.165, 1.54) is 11.0 Å². The average Bonchev–Trinajstić information content (AvgIpc) is 3.22. The molecule has 2 aliphatic heterocycles. The van der Waals surface area contributed by atoms with E-state index in [0.29, 0.717) is 44.1 Å². The predicted molar refractivity (Wildman–Crippen MR) is 133 cm³/mol.